The summed E-state index contributed by atoms with van der Waals surface area (Å²) in [6, 6.07) is 4.31. The van der Waals surface area contributed by atoms with Gasteiger partial charge in [-0.3, -0.25) is 4.98 Å². The number of fused-ring (bicyclic) bond motifs is 1. The second kappa shape index (κ2) is 2.83. The van der Waals surface area contributed by atoms with Gasteiger partial charge in [-0.25, -0.2) is 0 Å². The van der Waals surface area contributed by atoms with E-state index in [9.17, 15) is 0 Å². The molecule has 1 heteroatoms. The summed E-state index contributed by atoms with van der Waals surface area (Å²) in [5.41, 5.74) is 3.16. The minimum atomic E-state index is 0.365. The molecule has 0 saturated heterocycles. The number of pyridine rings is 1. The minimum Gasteiger partial charge on any atom is -0.261 e. The second-order valence-corrected chi connectivity index (χ2v) is 4.57. The lowest BCUT2D eigenvalue weighted by molar-refractivity contribution is 0.337. The summed E-state index contributed by atoms with van der Waals surface area (Å²) in [5, 5.41) is 0. The predicted octanol–water partition coefficient (Wildman–Crippen LogP) is 2.94. The van der Waals surface area contributed by atoms with Crippen LogP contribution in [0.25, 0.3) is 0 Å². The van der Waals surface area contributed by atoms with Crippen LogP contribution < -0.4 is 0 Å². The van der Waals surface area contributed by atoms with Crippen molar-refractivity contribution in [1.29, 1.82) is 0 Å². The lowest BCUT2D eigenvalue weighted by atomic mass is 9.75. The molecule has 1 unspecified atom stereocenters. The van der Waals surface area contributed by atoms with E-state index in [4.69, 9.17) is 0 Å². The van der Waals surface area contributed by atoms with Crippen molar-refractivity contribution in [3.05, 3.63) is 29.6 Å². The molecular weight excluding hydrogens is 158 g/mol. The zero-order chi connectivity index (χ0) is 9.47. The fourth-order valence-corrected chi connectivity index (χ4v) is 2.27. The van der Waals surface area contributed by atoms with Gasteiger partial charge in [-0.05, 0) is 35.8 Å². The van der Waals surface area contributed by atoms with Crippen LogP contribution >= 0.6 is 0 Å². The lowest BCUT2D eigenvalue weighted by Gasteiger charge is -2.29. The summed E-state index contributed by atoms with van der Waals surface area (Å²) >= 11 is 0. The fourth-order valence-electron chi connectivity index (χ4n) is 2.27. The number of aryl methyl sites for hydroxylation is 1. The van der Waals surface area contributed by atoms with E-state index in [1.807, 2.05) is 6.20 Å². The molecule has 2 rings (SSSR count). The van der Waals surface area contributed by atoms with Crippen molar-refractivity contribution in [2.45, 2.75) is 39.0 Å². The summed E-state index contributed by atoms with van der Waals surface area (Å²) in [7, 11) is 0. The van der Waals surface area contributed by atoms with Gasteiger partial charge in [0.2, 0.25) is 0 Å². The van der Waals surface area contributed by atoms with Crippen LogP contribution in [-0.4, -0.2) is 4.98 Å². The van der Waals surface area contributed by atoms with Crippen LogP contribution in [0.5, 0.6) is 0 Å². The number of hydrogen-bond donors (Lipinski definition) is 0. The Morgan fingerprint density at radius 2 is 2.23 bits per heavy atom. The summed E-state index contributed by atoms with van der Waals surface area (Å²) in [4.78, 5) is 4.44. The number of hydrogen-bond acceptors (Lipinski definition) is 1. The van der Waals surface area contributed by atoms with E-state index in [0.717, 1.165) is 6.42 Å². The third-order valence-electron chi connectivity index (χ3n) is 3.66. The van der Waals surface area contributed by atoms with Crippen molar-refractivity contribution in [3.63, 3.8) is 0 Å². The van der Waals surface area contributed by atoms with Crippen molar-refractivity contribution in [2.24, 2.45) is 5.92 Å². The highest BCUT2D eigenvalue weighted by Gasteiger charge is 2.37. The van der Waals surface area contributed by atoms with Crippen LogP contribution in [0, 0.1) is 5.92 Å². The predicted molar refractivity (Wildman–Crippen MR) is 54.7 cm³/mol. The highest BCUT2D eigenvalue weighted by molar-refractivity contribution is 5.34. The van der Waals surface area contributed by atoms with Crippen LogP contribution in [-0.2, 0) is 11.8 Å². The second-order valence-electron chi connectivity index (χ2n) is 4.57. The van der Waals surface area contributed by atoms with E-state index in [0.29, 0.717) is 11.3 Å². The average molecular weight is 175 g/mol. The van der Waals surface area contributed by atoms with Crippen molar-refractivity contribution in [1.82, 2.24) is 4.98 Å². The third kappa shape index (κ3) is 1.18. The van der Waals surface area contributed by atoms with Crippen molar-refractivity contribution in [2.75, 3.05) is 0 Å². The van der Waals surface area contributed by atoms with Crippen LogP contribution in [0.3, 0.4) is 0 Å². The van der Waals surface area contributed by atoms with Gasteiger partial charge < -0.3 is 0 Å². The molecule has 13 heavy (non-hydrogen) atoms. The minimum absolute atomic E-state index is 0.365. The quantitative estimate of drug-likeness (QED) is 0.639. The standard InChI is InChI=1S/C12H17N/c1-9(2)12(3)7-6-11-10(12)5-4-8-13-11/h4-5,8-9H,6-7H2,1-3H3. The Morgan fingerprint density at radius 3 is 2.92 bits per heavy atom. The van der Waals surface area contributed by atoms with Gasteiger partial charge in [0.1, 0.15) is 0 Å². The van der Waals surface area contributed by atoms with Gasteiger partial charge in [-0.2, -0.15) is 0 Å². The number of rotatable bonds is 1. The molecule has 1 atom stereocenters. The molecule has 1 aliphatic carbocycles. The molecule has 0 saturated carbocycles. The molecule has 1 aromatic heterocycles. The SMILES string of the molecule is CC(C)C1(C)CCc2ncccc21. The first-order valence-corrected chi connectivity index (χ1v) is 5.09. The highest BCUT2D eigenvalue weighted by Crippen LogP contribution is 2.42. The lowest BCUT2D eigenvalue weighted by Crippen LogP contribution is -2.25. The number of nitrogens with zero attached hydrogens (tertiary/aromatic N) is 1. The van der Waals surface area contributed by atoms with Gasteiger partial charge in [0.05, 0.1) is 0 Å². The van der Waals surface area contributed by atoms with Crippen LogP contribution in [0.15, 0.2) is 18.3 Å². The maximum absolute atomic E-state index is 4.44. The van der Waals surface area contributed by atoms with Gasteiger partial charge in [-0.15, -0.1) is 0 Å². The summed E-state index contributed by atoms with van der Waals surface area (Å²) in [5.74, 6) is 0.706. The fraction of sp³-hybridized carbons (Fsp3) is 0.583. The molecule has 70 valence electrons. The molecule has 0 amide bonds. The first-order valence-electron chi connectivity index (χ1n) is 5.09. The monoisotopic (exact) mass is 175 g/mol. The van der Waals surface area contributed by atoms with E-state index in [-0.39, 0.29) is 0 Å². The van der Waals surface area contributed by atoms with Crippen LogP contribution in [0.2, 0.25) is 0 Å². The highest BCUT2D eigenvalue weighted by atomic mass is 14.7. The Bertz CT molecular complexity index is 317. The molecule has 0 aliphatic heterocycles. The van der Waals surface area contributed by atoms with Gasteiger partial charge in [0.15, 0.2) is 0 Å². The Hall–Kier alpha value is -0.850. The molecule has 0 spiro atoms. The first kappa shape index (κ1) is 8.74. The maximum atomic E-state index is 4.44. The smallest absolute Gasteiger partial charge is 0.0441 e. The van der Waals surface area contributed by atoms with E-state index >= 15 is 0 Å². The average Bonchev–Trinajstić information content (AvgIpc) is 2.47. The summed E-state index contributed by atoms with van der Waals surface area (Å²) in [6.45, 7) is 6.98. The van der Waals surface area contributed by atoms with Gasteiger partial charge in [0, 0.05) is 11.9 Å². The molecule has 1 aliphatic rings. The number of aromatic nitrogens is 1. The van der Waals surface area contributed by atoms with Gasteiger partial charge in [0.25, 0.3) is 0 Å². The maximum Gasteiger partial charge on any atom is 0.0441 e. The van der Waals surface area contributed by atoms with E-state index in [1.54, 1.807) is 0 Å². The normalized spacial score (nSPS) is 26.5. The molecule has 0 bridgehead atoms. The molecule has 1 aromatic rings. The Balaban J connectivity index is 2.49. The Morgan fingerprint density at radius 1 is 1.46 bits per heavy atom. The summed E-state index contributed by atoms with van der Waals surface area (Å²) < 4.78 is 0. The van der Waals surface area contributed by atoms with E-state index in [2.05, 4.69) is 37.9 Å². The molecular formula is C12H17N. The molecule has 0 aromatic carbocycles. The van der Waals surface area contributed by atoms with Crippen molar-refractivity contribution < 1.29 is 0 Å². The van der Waals surface area contributed by atoms with Crippen LogP contribution in [0.1, 0.15) is 38.4 Å². The van der Waals surface area contributed by atoms with E-state index in [1.165, 1.54) is 17.7 Å². The molecule has 0 fully saturated rings. The van der Waals surface area contributed by atoms with E-state index < -0.39 is 0 Å². The van der Waals surface area contributed by atoms with Gasteiger partial charge in [-0.1, -0.05) is 26.8 Å². The third-order valence-corrected chi connectivity index (χ3v) is 3.66. The molecule has 0 radical (unpaired) electrons. The van der Waals surface area contributed by atoms with Gasteiger partial charge >= 0.3 is 0 Å². The Labute approximate surface area is 80.2 Å². The Kier molecular flexibility index (Phi) is 1.90. The van der Waals surface area contributed by atoms with Crippen molar-refractivity contribution >= 4 is 0 Å². The van der Waals surface area contributed by atoms with Crippen LogP contribution in [0.4, 0.5) is 0 Å². The molecule has 0 N–H and O–H groups in total. The largest absolute Gasteiger partial charge is 0.261 e. The summed E-state index contributed by atoms with van der Waals surface area (Å²) in [6.07, 6.45) is 4.33. The zero-order valence-electron chi connectivity index (χ0n) is 8.67. The topological polar surface area (TPSA) is 12.9 Å². The zero-order valence-corrected chi connectivity index (χ0v) is 8.67. The molecule has 1 heterocycles. The molecule has 1 nitrogen and oxygen atoms in total. The van der Waals surface area contributed by atoms with Crippen molar-refractivity contribution in [3.8, 4) is 0 Å². The first-order chi connectivity index (χ1) is 6.14.